The van der Waals surface area contributed by atoms with Crippen LogP contribution in [0.1, 0.15) is 67.1 Å². The molecule has 1 saturated carbocycles. The van der Waals surface area contributed by atoms with E-state index in [4.69, 9.17) is 0 Å². The van der Waals surface area contributed by atoms with Gasteiger partial charge < -0.3 is 5.11 Å². The lowest BCUT2D eigenvalue weighted by Gasteiger charge is -2.16. The molecule has 136 valence electrons. The lowest BCUT2D eigenvalue weighted by atomic mass is 10.1. The first-order valence-electron chi connectivity index (χ1n) is 8.40. The Morgan fingerprint density at radius 2 is 2.04 bits per heavy atom. The minimum Gasteiger partial charge on any atom is -0.478 e. The molecule has 26 heavy (non-hydrogen) atoms. The third-order valence-corrected chi connectivity index (χ3v) is 4.84. The molecule has 0 saturated heterocycles. The maximum absolute atomic E-state index is 11.8. The minimum absolute atomic E-state index is 0.00606. The summed E-state index contributed by atoms with van der Waals surface area (Å²) in [6.07, 6.45) is 6.84. The van der Waals surface area contributed by atoms with E-state index in [1.807, 2.05) is 19.2 Å². The molecule has 0 bridgehead atoms. The van der Waals surface area contributed by atoms with E-state index in [0.717, 1.165) is 12.8 Å². The van der Waals surface area contributed by atoms with Gasteiger partial charge in [0.25, 0.3) is 0 Å². The van der Waals surface area contributed by atoms with Crippen molar-refractivity contribution in [3.8, 4) is 0 Å². The van der Waals surface area contributed by atoms with Gasteiger partial charge in [-0.25, -0.2) is 19.7 Å². The number of anilines is 1. The average Bonchev–Trinajstić information content (AvgIpc) is 3.30. The van der Waals surface area contributed by atoms with Crippen molar-refractivity contribution >= 4 is 40.5 Å². The maximum Gasteiger partial charge on any atom is 0.339 e. The molecule has 2 aromatic heterocycles. The SMILES string of the molecule is CC(=O)N(c1nc(C=Cc2ncc(C(=O)O)c(C(C)C)n2)cs1)C1CC1. The van der Waals surface area contributed by atoms with E-state index in [1.165, 1.54) is 17.5 Å². The minimum atomic E-state index is -1.03. The molecule has 0 aromatic carbocycles. The van der Waals surface area contributed by atoms with Gasteiger partial charge in [-0.2, -0.15) is 0 Å². The van der Waals surface area contributed by atoms with Crippen LogP contribution in [0.4, 0.5) is 5.13 Å². The number of carboxylic acids is 1. The second kappa shape index (κ2) is 7.33. The number of carbonyl (C=O) groups excluding carboxylic acids is 1. The van der Waals surface area contributed by atoms with E-state index in [2.05, 4.69) is 15.0 Å². The second-order valence-electron chi connectivity index (χ2n) is 6.50. The summed E-state index contributed by atoms with van der Waals surface area (Å²) in [5.74, 6) is -0.618. The molecule has 1 fully saturated rings. The van der Waals surface area contributed by atoms with Crippen molar-refractivity contribution in [2.24, 2.45) is 0 Å². The zero-order valence-electron chi connectivity index (χ0n) is 14.8. The van der Waals surface area contributed by atoms with Crippen molar-refractivity contribution in [2.45, 2.75) is 45.6 Å². The molecular formula is C18H20N4O3S. The Kier molecular flexibility index (Phi) is 5.13. The summed E-state index contributed by atoms with van der Waals surface area (Å²) in [6, 6.07) is 0.274. The van der Waals surface area contributed by atoms with E-state index in [9.17, 15) is 14.7 Å². The first-order chi connectivity index (χ1) is 12.4. The molecular weight excluding hydrogens is 352 g/mol. The zero-order chi connectivity index (χ0) is 18.8. The third kappa shape index (κ3) is 3.96. The number of carboxylic acid groups (broad SMARTS) is 1. The highest BCUT2D eigenvalue weighted by Crippen LogP contribution is 2.33. The molecule has 3 rings (SSSR count). The molecule has 1 aliphatic rings. The van der Waals surface area contributed by atoms with Gasteiger partial charge in [0.2, 0.25) is 5.91 Å². The molecule has 1 N–H and O–H groups in total. The molecule has 2 aromatic rings. The molecule has 2 heterocycles. The van der Waals surface area contributed by atoms with Crippen LogP contribution in [0.15, 0.2) is 11.6 Å². The molecule has 0 radical (unpaired) electrons. The van der Waals surface area contributed by atoms with Gasteiger partial charge in [0.15, 0.2) is 11.0 Å². The average molecular weight is 372 g/mol. The highest BCUT2D eigenvalue weighted by molar-refractivity contribution is 7.14. The van der Waals surface area contributed by atoms with Gasteiger partial charge in [0.1, 0.15) is 0 Å². The summed E-state index contributed by atoms with van der Waals surface area (Å²) in [6.45, 7) is 5.34. The Morgan fingerprint density at radius 1 is 1.31 bits per heavy atom. The molecule has 0 unspecified atom stereocenters. The first kappa shape index (κ1) is 18.2. The van der Waals surface area contributed by atoms with Gasteiger partial charge in [0.05, 0.1) is 17.0 Å². The van der Waals surface area contributed by atoms with Crippen molar-refractivity contribution in [3.05, 3.63) is 34.4 Å². The van der Waals surface area contributed by atoms with Crippen molar-refractivity contribution in [2.75, 3.05) is 4.90 Å². The number of aromatic carboxylic acids is 1. The number of thiazole rings is 1. The number of aromatic nitrogens is 3. The van der Waals surface area contributed by atoms with Crippen LogP contribution in [-0.2, 0) is 4.79 Å². The summed E-state index contributed by atoms with van der Waals surface area (Å²) >= 11 is 1.43. The number of hydrogen-bond acceptors (Lipinski definition) is 6. The van der Waals surface area contributed by atoms with Crippen LogP contribution in [0.2, 0.25) is 0 Å². The normalized spacial score (nSPS) is 14.2. The van der Waals surface area contributed by atoms with E-state index in [-0.39, 0.29) is 23.4 Å². The summed E-state index contributed by atoms with van der Waals surface area (Å²) in [4.78, 5) is 37.8. The molecule has 1 aliphatic carbocycles. The number of rotatable bonds is 6. The van der Waals surface area contributed by atoms with Crippen LogP contribution >= 0.6 is 11.3 Å². The smallest absolute Gasteiger partial charge is 0.339 e. The maximum atomic E-state index is 11.8. The first-order valence-corrected chi connectivity index (χ1v) is 9.28. The summed E-state index contributed by atoms with van der Waals surface area (Å²) in [5, 5.41) is 11.8. The second-order valence-corrected chi connectivity index (χ2v) is 7.33. The van der Waals surface area contributed by atoms with Crippen LogP contribution < -0.4 is 4.90 Å². The number of nitrogens with zero attached hydrogens (tertiary/aromatic N) is 4. The summed E-state index contributed by atoms with van der Waals surface area (Å²) in [5.41, 5.74) is 1.34. The predicted molar refractivity (Wildman–Crippen MR) is 100 cm³/mol. The fourth-order valence-electron chi connectivity index (χ4n) is 2.60. The number of carbonyl (C=O) groups is 2. The van der Waals surface area contributed by atoms with Crippen LogP contribution in [0.3, 0.4) is 0 Å². The number of hydrogen-bond donors (Lipinski definition) is 1. The van der Waals surface area contributed by atoms with Crippen molar-refractivity contribution in [1.82, 2.24) is 15.0 Å². The van der Waals surface area contributed by atoms with E-state index in [1.54, 1.807) is 24.0 Å². The van der Waals surface area contributed by atoms with Gasteiger partial charge in [0, 0.05) is 24.5 Å². The molecule has 0 aliphatic heterocycles. The number of amides is 1. The van der Waals surface area contributed by atoms with E-state index in [0.29, 0.717) is 22.3 Å². The van der Waals surface area contributed by atoms with E-state index >= 15 is 0 Å². The van der Waals surface area contributed by atoms with Crippen molar-refractivity contribution in [1.29, 1.82) is 0 Å². The standard InChI is InChI=1S/C18H20N4O3S/c1-10(2)16-14(17(24)25)8-19-15(21-16)7-4-12-9-26-18(20-12)22(11(3)23)13-5-6-13/h4,7-10,13H,5-6H2,1-3H3,(H,24,25). The van der Waals surface area contributed by atoms with Gasteiger partial charge in [-0.05, 0) is 30.9 Å². The van der Waals surface area contributed by atoms with Gasteiger partial charge >= 0.3 is 5.97 Å². The Balaban J connectivity index is 1.81. The lowest BCUT2D eigenvalue weighted by Crippen LogP contribution is -2.30. The quantitative estimate of drug-likeness (QED) is 0.834. The predicted octanol–water partition coefficient (Wildman–Crippen LogP) is 3.44. The highest BCUT2D eigenvalue weighted by Gasteiger charge is 2.33. The highest BCUT2D eigenvalue weighted by atomic mass is 32.1. The topological polar surface area (TPSA) is 96.3 Å². The molecule has 0 spiro atoms. The van der Waals surface area contributed by atoms with Gasteiger partial charge in [-0.3, -0.25) is 9.69 Å². The van der Waals surface area contributed by atoms with Crippen LogP contribution in [0.5, 0.6) is 0 Å². The summed E-state index contributed by atoms with van der Waals surface area (Å²) < 4.78 is 0. The van der Waals surface area contributed by atoms with Crippen LogP contribution in [-0.4, -0.2) is 38.0 Å². The van der Waals surface area contributed by atoms with Crippen molar-refractivity contribution < 1.29 is 14.7 Å². The molecule has 7 nitrogen and oxygen atoms in total. The fraction of sp³-hybridized carbons (Fsp3) is 0.389. The fourth-order valence-corrected chi connectivity index (χ4v) is 3.51. The zero-order valence-corrected chi connectivity index (χ0v) is 15.7. The third-order valence-electron chi connectivity index (χ3n) is 3.98. The summed E-state index contributed by atoms with van der Waals surface area (Å²) in [7, 11) is 0. The molecule has 1 amide bonds. The monoisotopic (exact) mass is 372 g/mol. The van der Waals surface area contributed by atoms with Crippen LogP contribution in [0.25, 0.3) is 12.2 Å². The Labute approximate surface area is 155 Å². The molecule has 8 heteroatoms. The van der Waals surface area contributed by atoms with Gasteiger partial charge in [-0.15, -0.1) is 11.3 Å². The largest absolute Gasteiger partial charge is 0.478 e. The molecule has 0 atom stereocenters. The van der Waals surface area contributed by atoms with E-state index < -0.39 is 5.97 Å². The lowest BCUT2D eigenvalue weighted by molar-refractivity contribution is -0.116. The Morgan fingerprint density at radius 3 is 2.62 bits per heavy atom. The Bertz CT molecular complexity index is 871. The Hall–Kier alpha value is -2.61. The van der Waals surface area contributed by atoms with Crippen LogP contribution in [0, 0.1) is 0 Å². The van der Waals surface area contributed by atoms with Crippen molar-refractivity contribution in [3.63, 3.8) is 0 Å². The van der Waals surface area contributed by atoms with Gasteiger partial charge in [-0.1, -0.05) is 13.8 Å².